The highest BCUT2D eigenvalue weighted by molar-refractivity contribution is 9.10. The van der Waals surface area contributed by atoms with Crippen LogP contribution in [0.5, 0.6) is 0 Å². The Bertz CT molecular complexity index is 382. The third-order valence-corrected chi connectivity index (χ3v) is 3.63. The molecule has 1 aromatic rings. The van der Waals surface area contributed by atoms with Gasteiger partial charge in [0, 0.05) is 11.6 Å². The van der Waals surface area contributed by atoms with E-state index >= 15 is 0 Å². The van der Waals surface area contributed by atoms with Crippen molar-refractivity contribution in [2.75, 3.05) is 7.05 Å². The van der Waals surface area contributed by atoms with E-state index in [4.69, 9.17) is 0 Å². The van der Waals surface area contributed by atoms with Crippen molar-refractivity contribution in [1.82, 2.24) is 5.32 Å². The quantitative estimate of drug-likeness (QED) is 0.794. The van der Waals surface area contributed by atoms with Gasteiger partial charge in [0.1, 0.15) is 11.6 Å². The van der Waals surface area contributed by atoms with Crippen LogP contribution in [0.2, 0.25) is 0 Å². The van der Waals surface area contributed by atoms with Gasteiger partial charge in [-0.2, -0.15) is 0 Å². The van der Waals surface area contributed by atoms with Gasteiger partial charge < -0.3 is 5.32 Å². The minimum atomic E-state index is -0.507. The number of benzene rings is 1. The summed E-state index contributed by atoms with van der Waals surface area (Å²) in [5.41, 5.74) is 0.128. The largest absolute Gasteiger partial charge is 0.313 e. The first-order valence-electron chi connectivity index (χ1n) is 5.83. The highest BCUT2D eigenvalue weighted by Crippen LogP contribution is 2.32. The maximum atomic E-state index is 14.0. The summed E-state index contributed by atoms with van der Waals surface area (Å²) in [4.78, 5) is 0. The Morgan fingerprint density at radius 1 is 1.35 bits per heavy atom. The molecule has 4 heteroatoms. The number of rotatable bonds is 5. The normalized spacial score (nSPS) is 14.7. The second-order valence-corrected chi connectivity index (χ2v) is 5.14. The summed E-state index contributed by atoms with van der Waals surface area (Å²) in [6, 6.07) is 2.39. The molecule has 96 valence electrons. The fourth-order valence-corrected chi connectivity index (χ4v) is 2.51. The molecule has 2 unspecified atom stereocenters. The lowest BCUT2D eigenvalue weighted by atomic mass is 9.90. The average molecular weight is 306 g/mol. The van der Waals surface area contributed by atoms with Crippen molar-refractivity contribution in [1.29, 1.82) is 0 Å². The lowest BCUT2D eigenvalue weighted by molar-refractivity contribution is 0.359. The highest BCUT2D eigenvalue weighted by atomic mass is 79.9. The Kier molecular flexibility index (Phi) is 5.53. The van der Waals surface area contributed by atoms with Crippen molar-refractivity contribution in [2.24, 2.45) is 5.92 Å². The minimum Gasteiger partial charge on any atom is -0.313 e. The summed E-state index contributed by atoms with van der Waals surface area (Å²) >= 11 is 3.10. The van der Waals surface area contributed by atoms with E-state index in [0.717, 1.165) is 12.8 Å². The molecule has 0 saturated heterocycles. The molecule has 1 rings (SSSR count). The molecule has 0 radical (unpaired) electrons. The molecule has 17 heavy (non-hydrogen) atoms. The van der Waals surface area contributed by atoms with Gasteiger partial charge in [-0.1, -0.05) is 20.3 Å². The summed E-state index contributed by atoms with van der Waals surface area (Å²) in [5, 5.41) is 3.01. The van der Waals surface area contributed by atoms with Gasteiger partial charge in [0.2, 0.25) is 0 Å². The number of halogens is 3. The van der Waals surface area contributed by atoms with Crippen LogP contribution in [0.15, 0.2) is 16.6 Å². The second-order valence-electron chi connectivity index (χ2n) is 4.29. The molecule has 0 amide bonds. The topological polar surface area (TPSA) is 12.0 Å². The second kappa shape index (κ2) is 6.45. The van der Waals surface area contributed by atoms with E-state index in [1.54, 1.807) is 7.05 Å². The van der Waals surface area contributed by atoms with Crippen molar-refractivity contribution < 1.29 is 8.78 Å². The molecule has 0 saturated carbocycles. The zero-order chi connectivity index (χ0) is 13.0. The lowest BCUT2D eigenvalue weighted by Crippen LogP contribution is -2.25. The summed E-state index contributed by atoms with van der Waals surface area (Å²) < 4.78 is 28.0. The fourth-order valence-electron chi connectivity index (χ4n) is 2.16. The maximum absolute atomic E-state index is 14.0. The molecular formula is C13H18BrF2N. The van der Waals surface area contributed by atoms with Gasteiger partial charge in [0.05, 0.1) is 4.47 Å². The predicted octanol–water partition coefficient (Wildman–Crippen LogP) is 4.42. The van der Waals surface area contributed by atoms with Crippen molar-refractivity contribution in [3.63, 3.8) is 0 Å². The van der Waals surface area contributed by atoms with Crippen LogP contribution in [0.4, 0.5) is 8.78 Å². The van der Waals surface area contributed by atoms with Crippen LogP contribution in [-0.4, -0.2) is 7.05 Å². The first-order chi connectivity index (χ1) is 8.02. The smallest absolute Gasteiger partial charge is 0.145 e. The number of nitrogens with one attached hydrogen (secondary N) is 1. The molecule has 1 aromatic carbocycles. The summed E-state index contributed by atoms with van der Waals surface area (Å²) in [5.74, 6) is -0.816. The standard InChI is InChI=1S/C13H18BrF2N/c1-4-5-8(2)13(17-3)11-10(15)7-6-9(14)12(11)16/h6-8,13,17H,4-5H2,1-3H3. The first kappa shape index (κ1) is 14.6. The maximum Gasteiger partial charge on any atom is 0.145 e. The van der Waals surface area contributed by atoms with Gasteiger partial charge >= 0.3 is 0 Å². The van der Waals surface area contributed by atoms with Crippen molar-refractivity contribution in [3.8, 4) is 0 Å². The molecule has 1 nitrogen and oxygen atoms in total. The summed E-state index contributed by atoms with van der Waals surface area (Å²) in [7, 11) is 1.73. The van der Waals surface area contributed by atoms with Crippen molar-refractivity contribution in [3.05, 3.63) is 33.8 Å². The SMILES string of the molecule is CCCC(C)C(NC)c1c(F)ccc(Br)c1F. The van der Waals surface area contributed by atoms with Gasteiger partial charge in [-0.15, -0.1) is 0 Å². The van der Waals surface area contributed by atoms with Crippen LogP contribution in [-0.2, 0) is 0 Å². The van der Waals surface area contributed by atoms with Crippen LogP contribution >= 0.6 is 15.9 Å². The van der Waals surface area contributed by atoms with Gasteiger partial charge in [0.15, 0.2) is 0 Å². The Labute approximate surface area is 110 Å². The van der Waals surface area contributed by atoms with Crippen LogP contribution in [0, 0.1) is 17.6 Å². The third kappa shape index (κ3) is 3.26. The first-order valence-corrected chi connectivity index (χ1v) is 6.62. The predicted molar refractivity (Wildman–Crippen MR) is 69.9 cm³/mol. The Morgan fingerprint density at radius 3 is 2.53 bits per heavy atom. The number of hydrogen-bond donors (Lipinski definition) is 1. The molecule has 0 aliphatic carbocycles. The van der Waals surface area contributed by atoms with Gasteiger partial charge in [0.25, 0.3) is 0 Å². The van der Waals surface area contributed by atoms with E-state index < -0.39 is 11.6 Å². The fraction of sp³-hybridized carbons (Fsp3) is 0.538. The zero-order valence-electron chi connectivity index (χ0n) is 10.4. The zero-order valence-corrected chi connectivity index (χ0v) is 11.9. The van der Waals surface area contributed by atoms with E-state index in [1.165, 1.54) is 12.1 Å². The molecule has 0 heterocycles. The average Bonchev–Trinajstić information content (AvgIpc) is 2.30. The number of hydrogen-bond acceptors (Lipinski definition) is 1. The van der Waals surface area contributed by atoms with E-state index in [2.05, 4.69) is 28.2 Å². The molecule has 0 fully saturated rings. The Balaban J connectivity index is 3.15. The van der Waals surface area contributed by atoms with Gasteiger partial charge in [-0.25, -0.2) is 8.78 Å². The monoisotopic (exact) mass is 305 g/mol. The van der Waals surface area contributed by atoms with Crippen molar-refractivity contribution in [2.45, 2.75) is 32.7 Å². The van der Waals surface area contributed by atoms with Crippen LogP contribution in [0.3, 0.4) is 0 Å². The Morgan fingerprint density at radius 2 is 2.00 bits per heavy atom. The third-order valence-electron chi connectivity index (χ3n) is 3.01. The molecule has 1 N–H and O–H groups in total. The van der Waals surface area contributed by atoms with Crippen molar-refractivity contribution >= 4 is 15.9 Å². The Hall–Kier alpha value is -0.480. The molecule has 2 atom stereocenters. The van der Waals surface area contributed by atoms with Crippen LogP contribution < -0.4 is 5.32 Å². The van der Waals surface area contributed by atoms with Crippen LogP contribution in [0.1, 0.15) is 38.3 Å². The van der Waals surface area contributed by atoms with Gasteiger partial charge in [-0.05, 0) is 47.4 Å². The van der Waals surface area contributed by atoms with Crippen LogP contribution in [0.25, 0.3) is 0 Å². The van der Waals surface area contributed by atoms with Gasteiger partial charge in [-0.3, -0.25) is 0 Å². The molecular weight excluding hydrogens is 288 g/mol. The van der Waals surface area contributed by atoms with E-state index in [0.29, 0.717) is 4.47 Å². The van der Waals surface area contributed by atoms with E-state index in [-0.39, 0.29) is 17.5 Å². The minimum absolute atomic E-state index is 0.128. The molecule has 0 aliphatic heterocycles. The molecule has 0 spiro atoms. The molecule has 0 bridgehead atoms. The summed E-state index contributed by atoms with van der Waals surface area (Å²) in [6.45, 7) is 4.07. The lowest BCUT2D eigenvalue weighted by Gasteiger charge is -2.24. The molecule has 0 aliphatic rings. The molecule has 0 aromatic heterocycles. The highest BCUT2D eigenvalue weighted by Gasteiger charge is 2.24. The van der Waals surface area contributed by atoms with E-state index in [1.807, 2.05) is 6.92 Å². The van der Waals surface area contributed by atoms with E-state index in [9.17, 15) is 8.78 Å². The summed E-state index contributed by atoms with van der Waals surface area (Å²) in [6.07, 6.45) is 1.92.